The Kier molecular flexibility index (Phi) is 7.37. The lowest BCUT2D eigenvalue weighted by molar-refractivity contribution is -0.121. The minimum absolute atomic E-state index is 0.0127. The Morgan fingerprint density at radius 1 is 1.03 bits per heavy atom. The number of phenols is 1. The molecule has 0 unspecified atom stereocenters. The molecule has 31 heavy (non-hydrogen) atoms. The van der Waals surface area contributed by atoms with Gasteiger partial charge in [0, 0.05) is 5.56 Å². The number of carbonyl (C=O) groups is 2. The predicted molar refractivity (Wildman–Crippen MR) is 118 cm³/mol. The zero-order valence-electron chi connectivity index (χ0n) is 17.0. The fourth-order valence-electron chi connectivity index (χ4n) is 2.95. The molecule has 3 aromatic carbocycles. The van der Waals surface area contributed by atoms with Crippen molar-refractivity contribution in [3.63, 3.8) is 0 Å². The molecule has 0 saturated heterocycles. The summed E-state index contributed by atoms with van der Waals surface area (Å²) in [6.07, 6.45) is 1.46. The van der Waals surface area contributed by atoms with Gasteiger partial charge in [0.05, 0.1) is 25.8 Å². The molecule has 0 radical (unpaired) electrons. The van der Waals surface area contributed by atoms with E-state index < -0.39 is 6.04 Å². The van der Waals surface area contributed by atoms with Gasteiger partial charge in [0.15, 0.2) is 11.5 Å². The van der Waals surface area contributed by atoms with Gasteiger partial charge in [-0.3, -0.25) is 9.59 Å². The van der Waals surface area contributed by atoms with Gasteiger partial charge in [0.1, 0.15) is 0 Å². The normalized spacial score (nSPS) is 11.6. The van der Waals surface area contributed by atoms with Gasteiger partial charge in [-0.25, -0.2) is 5.43 Å². The molecule has 3 N–H and O–H groups in total. The fraction of sp³-hybridized carbons (Fsp3) is 0.125. The Hall–Kier alpha value is -4.13. The number of nitrogens with one attached hydrogen (secondary N) is 2. The first-order valence-electron chi connectivity index (χ1n) is 9.66. The topological polar surface area (TPSA) is 100 Å². The number of amides is 2. The monoisotopic (exact) mass is 417 g/mol. The van der Waals surface area contributed by atoms with E-state index in [2.05, 4.69) is 15.8 Å². The molecule has 7 heteroatoms. The average molecular weight is 417 g/mol. The summed E-state index contributed by atoms with van der Waals surface area (Å²) in [5, 5.41) is 16.5. The van der Waals surface area contributed by atoms with Gasteiger partial charge in [-0.2, -0.15) is 5.10 Å². The van der Waals surface area contributed by atoms with Gasteiger partial charge in [0.25, 0.3) is 5.91 Å². The summed E-state index contributed by atoms with van der Waals surface area (Å²) in [6.45, 7) is 0. The Morgan fingerprint density at radius 3 is 2.39 bits per heavy atom. The van der Waals surface area contributed by atoms with Crippen LogP contribution in [0, 0.1) is 0 Å². The second-order valence-electron chi connectivity index (χ2n) is 6.73. The highest BCUT2D eigenvalue weighted by molar-refractivity contribution is 5.94. The number of nitrogens with zero attached hydrogens (tertiary/aromatic N) is 1. The number of rotatable bonds is 8. The number of carbonyl (C=O) groups excluding carboxylic acids is 2. The highest BCUT2D eigenvalue weighted by Gasteiger charge is 2.19. The Morgan fingerprint density at radius 2 is 1.71 bits per heavy atom. The number of hydrazone groups is 1. The van der Waals surface area contributed by atoms with Crippen molar-refractivity contribution in [3.8, 4) is 11.5 Å². The molecule has 1 atom stereocenters. The summed E-state index contributed by atoms with van der Waals surface area (Å²) >= 11 is 0. The average Bonchev–Trinajstić information content (AvgIpc) is 2.80. The second kappa shape index (κ2) is 10.6. The van der Waals surface area contributed by atoms with Crippen LogP contribution in [0.4, 0.5) is 0 Å². The van der Waals surface area contributed by atoms with E-state index in [1.165, 1.54) is 19.4 Å². The molecule has 0 saturated carbocycles. The van der Waals surface area contributed by atoms with Gasteiger partial charge < -0.3 is 15.2 Å². The number of hydrogen-bond donors (Lipinski definition) is 3. The minimum Gasteiger partial charge on any atom is -0.504 e. The molecule has 0 bridgehead atoms. The quantitative estimate of drug-likeness (QED) is 0.386. The van der Waals surface area contributed by atoms with Crippen LogP contribution >= 0.6 is 0 Å². The first-order valence-corrected chi connectivity index (χ1v) is 9.66. The molecule has 0 spiro atoms. The predicted octanol–water partition coefficient (Wildman–Crippen LogP) is 3.41. The lowest BCUT2D eigenvalue weighted by Gasteiger charge is -2.18. The van der Waals surface area contributed by atoms with E-state index in [9.17, 15) is 14.7 Å². The molecule has 0 aromatic heterocycles. The third kappa shape index (κ3) is 6.17. The van der Waals surface area contributed by atoms with Crippen LogP contribution < -0.4 is 15.5 Å². The number of aromatic hydroxyl groups is 1. The second-order valence-corrected chi connectivity index (χ2v) is 6.73. The summed E-state index contributed by atoms with van der Waals surface area (Å²) in [7, 11) is 1.45. The molecule has 3 rings (SSSR count). The summed E-state index contributed by atoms with van der Waals surface area (Å²) in [5.74, 6) is -0.294. The van der Waals surface area contributed by atoms with Gasteiger partial charge >= 0.3 is 0 Å². The molecular weight excluding hydrogens is 394 g/mol. The molecule has 158 valence electrons. The van der Waals surface area contributed by atoms with Crippen LogP contribution in [0.1, 0.15) is 33.9 Å². The van der Waals surface area contributed by atoms with Crippen LogP contribution in [-0.4, -0.2) is 30.2 Å². The van der Waals surface area contributed by atoms with Crippen molar-refractivity contribution < 1.29 is 19.4 Å². The number of hydrogen-bond acceptors (Lipinski definition) is 5. The smallest absolute Gasteiger partial charge is 0.251 e. The molecule has 7 nitrogen and oxygen atoms in total. The van der Waals surface area contributed by atoms with Crippen molar-refractivity contribution >= 4 is 18.0 Å². The van der Waals surface area contributed by atoms with E-state index in [0.29, 0.717) is 16.9 Å². The first kappa shape index (κ1) is 21.6. The Balaban J connectivity index is 1.66. The van der Waals surface area contributed by atoms with Crippen molar-refractivity contribution in [2.45, 2.75) is 12.5 Å². The van der Waals surface area contributed by atoms with Gasteiger partial charge in [-0.05, 0) is 41.5 Å². The van der Waals surface area contributed by atoms with Crippen LogP contribution in [0.3, 0.4) is 0 Å². The third-order valence-corrected chi connectivity index (χ3v) is 4.54. The first-order chi connectivity index (χ1) is 15.1. The summed E-state index contributed by atoms with van der Waals surface area (Å²) < 4.78 is 5.05. The van der Waals surface area contributed by atoms with E-state index in [1.54, 1.807) is 36.4 Å². The van der Waals surface area contributed by atoms with Crippen molar-refractivity contribution in [2.75, 3.05) is 7.11 Å². The van der Waals surface area contributed by atoms with Crippen LogP contribution in [-0.2, 0) is 4.79 Å². The van der Waals surface area contributed by atoms with Crippen molar-refractivity contribution in [3.05, 3.63) is 95.6 Å². The van der Waals surface area contributed by atoms with Crippen LogP contribution in [0.15, 0.2) is 84.0 Å². The molecular formula is C24H23N3O4. The maximum atomic E-state index is 12.6. The molecule has 0 aliphatic rings. The molecule has 2 amide bonds. The molecule has 0 fully saturated rings. The third-order valence-electron chi connectivity index (χ3n) is 4.54. The maximum Gasteiger partial charge on any atom is 0.251 e. The van der Waals surface area contributed by atoms with Crippen molar-refractivity contribution in [2.24, 2.45) is 5.10 Å². The Labute approximate surface area is 180 Å². The number of benzene rings is 3. The highest BCUT2D eigenvalue weighted by atomic mass is 16.5. The van der Waals surface area contributed by atoms with Crippen LogP contribution in [0.5, 0.6) is 11.5 Å². The fourth-order valence-corrected chi connectivity index (χ4v) is 2.95. The van der Waals surface area contributed by atoms with Crippen LogP contribution in [0.2, 0.25) is 0 Å². The number of ether oxygens (including phenoxy) is 1. The van der Waals surface area contributed by atoms with Crippen molar-refractivity contribution in [1.29, 1.82) is 0 Å². The van der Waals surface area contributed by atoms with Crippen molar-refractivity contribution in [1.82, 2.24) is 10.7 Å². The van der Waals surface area contributed by atoms with E-state index in [0.717, 1.165) is 5.56 Å². The zero-order valence-corrected chi connectivity index (χ0v) is 17.0. The lowest BCUT2D eigenvalue weighted by Crippen LogP contribution is -2.32. The Bertz CT molecular complexity index is 1050. The standard InChI is InChI=1S/C24H23N3O4/c1-31-22-14-17(12-13-21(22)28)16-25-27-23(29)15-20(18-8-4-2-5-9-18)26-24(30)19-10-6-3-7-11-19/h2-14,16,20,28H,15H2,1H3,(H,26,30)(H,27,29)/b25-16-/t20-/m0/s1. The van der Waals surface area contributed by atoms with E-state index >= 15 is 0 Å². The van der Waals surface area contributed by atoms with Gasteiger partial charge in [-0.1, -0.05) is 48.5 Å². The number of phenolic OH excluding ortho intramolecular Hbond substituents is 1. The zero-order chi connectivity index (χ0) is 22.1. The summed E-state index contributed by atoms with van der Waals surface area (Å²) in [6, 6.07) is 22.3. The van der Waals surface area contributed by atoms with Gasteiger partial charge in [-0.15, -0.1) is 0 Å². The number of methoxy groups -OCH3 is 1. The minimum atomic E-state index is -0.516. The molecule has 3 aromatic rings. The maximum absolute atomic E-state index is 12.6. The summed E-state index contributed by atoms with van der Waals surface area (Å²) in [5.41, 5.74) is 4.45. The largest absolute Gasteiger partial charge is 0.504 e. The van der Waals surface area contributed by atoms with Gasteiger partial charge in [0.2, 0.25) is 5.91 Å². The summed E-state index contributed by atoms with van der Waals surface area (Å²) in [4.78, 5) is 25.1. The molecule has 0 aliphatic carbocycles. The lowest BCUT2D eigenvalue weighted by atomic mass is 10.0. The SMILES string of the molecule is COc1cc(/C=N\NC(=O)C[C@H](NC(=O)c2ccccc2)c2ccccc2)ccc1O. The van der Waals surface area contributed by atoms with Crippen LogP contribution in [0.25, 0.3) is 0 Å². The van der Waals surface area contributed by atoms with E-state index in [1.807, 2.05) is 36.4 Å². The highest BCUT2D eigenvalue weighted by Crippen LogP contribution is 2.25. The van der Waals surface area contributed by atoms with E-state index in [-0.39, 0.29) is 24.0 Å². The molecule has 0 aliphatic heterocycles. The molecule has 0 heterocycles. The van der Waals surface area contributed by atoms with E-state index in [4.69, 9.17) is 4.74 Å².